The molecule has 1 fully saturated rings. The van der Waals surface area contributed by atoms with Gasteiger partial charge in [-0.2, -0.15) is 0 Å². The van der Waals surface area contributed by atoms with Gasteiger partial charge in [-0.3, -0.25) is 14.5 Å². The molecule has 1 aliphatic rings. The number of rotatable bonds is 17. The van der Waals surface area contributed by atoms with E-state index in [9.17, 15) is 19.8 Å². The number of quaternary nitrogens is 2. The predicted molar refractivity (Wildman–Crippen MR) is 183 cm³/mol. The van der Waals surface area contributed by atoms with Crippen LogP contribution in [0.15, 0.2) is 84.9 Å². The molecule has 9 heteroatoms. The van der Waals surface area contributed by atoms with Crippen molar-refractivity contribution in [1.29, 1.82) is 0 Å². The third-order valence-corrected chi connectivity index (χ3v) is 9.91. The van der Waals surface area contributed by atoms with Crippen LogP contribution in [0.2, 0.25) is 0 Å². The van der Waals surface area contributed by atoms with Crippen LogP contribution in [-0.2, 0) is 29.0 Å². The standard InChI is InChI=1S/C38H52N4O5/c1-5-27(2)38(41-28(3)43)21-22-42(37(38)46)34(20-19-29-13-8-6-9-14-29)36(45)40-33(24-30-15-10-7-11-16-30)35(44)26-39-25-31-17-12-18-32(23-31)47-4/h6-18,23,27,33-35,37,39,44,46H,5,19-22,24-26H2,1-4H3,(H,40,45)(H,41,43)/p+2/t27-,33-,34-,35+,37?,38-/m0/s1. The Bertz CT molecular complexity index is 1410. The quantitative estimate of drug-likeness (QED) is 0.132. The lowest BCUT2D eigenvalue weighted by molar-refractivity contribution is -0.952. The number of carbonyl (C=O) groups is 2. The van der Waals surface area contributed by atoms with Crippen LogP contribution in [0.25, 0.3) is 0 Å². The Labute approximate surface area is 279 Å². The highest BCUT2D eigenvalue weighted by Crippen LogP contribution is 2.29. The molecule has 4 rings (SSSR count). The summed E-state index contributed by atoms with van der Waals surface area (Å²) in [6.07, 6.45) is 1.21. The van der Waals surface area contributed by atoms with Gasteiger partial charge in [0.25, 0.3) is 5.91 Å². The van der Waals surface area contributed by atoms with Crippen molar-refractivity contribution < 1.29 is 34.8 Å². The van der Waals surface area contributed by atoms with E-state index in [1.54, 1.807) is 7.11 Å². The molecule has 0 aromatic heterocycles. The second-order valence-electron chi connectivity index (χ2n) is 13.0. The fraction of sp³-hybridized carbons (Fsp3) is 0.474. The van der Waals surface area contributed by atoms with Crippen molar-refractivity contribution in [3.05, 3.63) is 102 Å². The van der Waals surface area contributed by atoms with Gasteiger partial charge in [-0.15, -0.1) is 0 Å². The lowest BCUT2D eigenvalue weighted by Crippen LogP contribution is -3.20. The minimum absolute atomic E-state index is 0.0181. The second-order valence-corrected chi connectivity index (χ2v) is 13.0. The Balaban J connectivity index is 1.56. The summed E-state index contributed by atoms with van der Waals surface area (Å²) in [5.41, 5.74) is 2.39. The SMILES string of the molecule is CC[C@H](C)[C@@]1(NC(C)=O)CC[NH+]([C@@H](CCc2ccccc2)C(=O)N[C@@H](Cc2ccccc2)[C@H](O)C[NH2+]Cc2cccc(OC)c2)C1O. The lowest BCUT2D eigenvalue weighted by Gasteiger charge is -2.38. The summed E-state index contributed by atoms with van der Waals surface area (Å²) < 4.78 is 5.35. The summed E-state index contributed by atoms with van der Waals surface area (Å²) in [6, 6.07) is 26.6. The summed E-state index contributed by atoms with van der Waals surface area (Å²) in [4.78, 5) is 27.5. The van der Waals surface area contributed by atoms with Crippen molar-refractivity contribution >= 4 is 11.8 Å². The number of nitrogens with one attached hydrogen (secondary N) is 3. The molecule has 3 aromatic rings. The molecule has 3 aromatic carbocycles. The van der Waals surface area contributed by atoms with Crippen LogP contribution in [0.1, 0.15) is 56.7 Å². The van der Waals surface area contributed by atoms with Crippen molar-refractivity contribution in [3.63, 3.8) is 0 Å². The second kappa shape index (κ2) is 17.4. The van der Waals surface area contributed by atoms with Gasteiger partial charge in [0.05, 0.1) is 19.7 Å². The molecule has 2 unspecified atom stereocenters. The first-order valence-electron chi connectivity index (χ1n) is 17.0. The Morgan fingerprint density at radius 3 is 2.32 bits per heavy atom. The molecule has 7 N–H and O–H groups in total. The van der Waals surface area contributed by atoms with Gasteiger partial charge in [0.2, 0.25) is 12.1 Å². The van der Waals surface area contributed by atoms with E-state index >= 15 is 0 Å². The highest BCUT2D eigenvalue weighted by Gasteiger charge is 2.56. The van der Waals surface area contributed by atoms with Crippen LogP contribution in [-0.4, -0.2) is 72.2 Å². The van der Waals surface area contributed by atoms with Crippen molar-refractivity contribution in [2.75, 3.05) is 20.2 Å². The Morgan fingerprint density at radius 2 is 1.68 bits per heavy atom. The zero-order valence-electron chi connectivity index (χ0n) is 28.3. The van der Waals surface area contributed by atoms with Gasteiger partial charge in [0, 0.05) is 25.3 Å². The molecular formula is C38H54N4O5+2. The van der Waals surface area contributed by atoms with Gasteiger partial charge < -0.3 is 30.9 Å². The average Bonchev–Trinajstić information content (AvgIpc) is 3.40. The number of aryl methyl sites for hydroxylation is 1. The van der Waals surface area contributed by atoms with Crippen LogP contribution in [0.4, 0.5) is 0 Å². The molecule has 1 heterocycles. The third kappa shape index (κ3) is 9.64. The molecule has 254 valence electrons. The topological polar surface area (TPSA) is 129 Å². The van der Waals surface area contributed by atoms with Crippen LogP contribution in [0, 0.1) is 5.92 Å². The van der Waals surface area contributed by atoms with E-state index in [0.29, 0.717) is 45.3 Å². The normalized spacial score (nSPS) is 21.7. The van der Waals surface area contributed by atoms with E-state index in [1.807, 2.05) is 90.2 Å². The molecule has 2 amide bonds. The minimum Gasteiger partial charge on any atom is -0.497 e. The monoisotopic (exact) mass is 646 g/mol. The van der Waals surface area contributed by atoms with Crippen LogP contribution in [0.5, 0.6) is 5.75 Å². The van der Waals surface area contributed by atoms with E-state index < -0.39 is 30.0 Å². The first-order valence-corrected chi connectivity index (χ1v) is 17.0. The Hall–Kier alpha value is -3.76. The molecular weight excluding hydrogens is 592 g/mol. The third-order valence-electron chi connectivity index (χ3n) is 9.91. The summed E-state index contributed by atoms with van der Waals surface area (Å²) in [7, 11) is 1.64. The van der Waals surface area contributed by atoms with E-state index in [2.05, 4.69) is 24.5 Å². The first kappa shape index (κ1) is 36.1. The van der Waals surface area contributed by atoms with Gasteiger partial charge in [0.1, 0.15) is 30.5 Å². The summed E-state index contributed by atoms with van der Waals surface area (Å²) >= 11 is 0. The highest BCUT2D eigenvalue weighted by molar-refractivity contribution is 5.81. The number of likely N-dealkylation sites (tertiary alicyclic amines) is 1. The van der Waals surface area contributed by atoms with Gasteiger partial charge in [-0.05, 0) is 42.0 Å². The molecule has 9 nitrogen and oxygen atoms in total. The molecule has 0 bridgehead atoms. The van der Waals surface area contributed by atoms with Crippen LogP contribution >= 0.6 is 0 Å². The first-order chi connectivity index (χ1) is 22.7. The zero-order valence-corrected chi connectivity index (χ0v) is 28.3. The van der Waals surface area contributed by atoms with Gasteiger partial charge in [0.15, 0.2) is 6.04 Å². The van der Waals surface area contributed by atoms with Gasteiger partial charge >= 0.3 is 0 Å². The largest absolute Gasteiger partial charge is 0.497 e. The van der Waals surface area contributed by atoms with Crippen LogP contribution in [0.3, 0.4) is 0 Å². The number of nitrogens with two attached hydrogens (primary N) is 1. The molecule has 1 aliphatic heterocycles. The smallest absolute Gasteiger partial charge is 0.278 e. The van der Waals surface area contributed by atoms with Crippen molar-refractivity contribution in [3.8, 4) is 5.75 Å². The maximum absolute atomic E-state index is 14.4. The van der Waals surface area contributed by atoms with Crippen molar-refractivity contribution in [2.24, 2.45) is 5.92 Å². The summed E-state index contributed by atoms with van der Waals surface area (Å²) in [6.45, 7) is 7.18. The van der Waals surface area contributed by atoms with Crippen LogP contribution < -0.4 is 25.6 Å². The molecule has 47 heavy (non-hydrogen) atoms. The number of carbonyl (C=O) groups excluding carboxylic acids is 2. The number of hydrogen-bond donors (Lipinski definition) is 6. The lowest BCUT2D eigenvalue weighted by atomic mass is 9.81. The fourth-order valence-corrected chi connectivity index (χ4v) is 7.04. The van der Waals surface area contributed by atoms with E-state index in [-0.39, 0.29) is 17.7 Å². The van der Waals surface area contributed by atoms with Gasteiger partial charge in [-0.25, -0.2) is 0 Å². The number of amides is 2. The van der Waals surface area contributed by atoms with Crippen molar-refractivity contribution in [1.82, 2.24) is 10.6 Å². The number of hydrogen-bond acceptors (Lipinski definition) is 5. The number of benzene rings is 3. The molecule has 7 atom stereocenters. The van der Waals surface area contributed by atoms with Gasteiger partial charge in [-0.1, -0.05) is 93.1 Å². The van der Waals surface area contributed by atoms with E-state index in [0.717, 1.165) is 33.8 Å². The molecule has 0 saturated carbocycles. The fourth-order valence-electron chi connectivity index (χ4n) is 7.04. The number of ether oxygens (including phenoxy) is 1. The number of aliphatic hydroxyl groups is 2. The minimum atomic E-state index is -0.957. The Kier molecular flexibility index (Phi) is 13.4. The highest BCUT2D eigenvalue weighted by atomic mass is 16.5. The molecule has 0 aliphatic carbocycles. The summed E-state index contributed by atoms with van der Waals surface area (Å²) in [5.74, 6) is 0.414. The summed E-state index contributed by atoms with van der Waals surface area (Å²) in [5, 5.41) is 31.8. The average molecular weight is 647 g/mol. The zero-order chi connectivity index (χ0) is 33.8. The maximum Gasteiger partial charge on any atom is 0.278 e. The Morgan fingerprint density at radius 1 is 1.02 bits per heavy atom. The predicted octanol–water partition coefficient (Wildman–Crippen LogP) is 1.38. The van der Waals surface area contributed by atoms with E-state index in [1.165, 1.54) is 6.92 Å². The molecule has 0 radical (unpaired) electrons. The number of methoxy groups -OCH3 is 1. The van der Waals surface area contributed by atoms with Crippen molar-refractivity contribution in [2.45, 2.75) is 89.4 Å². The maximum atomic E-state index is 14.4. The van der Waals surface area contributed by atoms with E-state index in [4.69, 9.17) is 4.74 Å². The number of aliphatic hydroxyl groups excluding tert-OH is 2. The molecule has 0 spiro atoms. The molecule has 1 saturated heterocycles.